The van der Waals surface area contributed by atoms with Crippen molar-refractivity contribution in [1.82, 2.24) is 20.1 Å². The number of likely N-dealkylation sites (tertiary alicyclic amines) is 1. The number of nitrogens with one attached hydrogen (secondary N) is 1. The third-order valence-corrected chi connectivity index (χ3v) is 6.65. The lowest BCUT2D eigenvalue weighted by molar-refractivity contribution is -0.156. The normalized spacial score (nSPS) is 23.8. The minimum Gasteiger partial charge on any atom is -0.477 e. The lowest BCUT2D eigenvalue weighted by Gasteiger charge is -2.50. The topological polar surface area (TPSA) is 179 Å². The van der Waals surface area contributed by atoms with Crippen LogP contribution in [0.4, 0.5) is 18.3 Å². The van der Waals surface area contributed by atoms with E-state index in [4.69, 9.17) is 5.73 Å². The maximum absolute atomic E-state index is 12.8. The van der Waals surface area contributed by atoms with Crippen LogP contribution in [0.15, 0.2) is 33.5 Å². The summed E-state index contributed by atoms with van der Waals surface area (Å²) in [5, 5.41) is 25.8. The van der Waals surface area contributed by atoms with Crippen molar-refractivity contribution in [3.63, 3.8) is 0 Å². The Morgan fingerprint density at radius 1 is 1.33 bits per heavy atom. The van der Waals surface area contributed by atoms with Gasteiger partial charge < -0.3 is 26.3 Å². The van der Waals surface area contributed by atoms with Crippen LogP contribution >= 0.6 is 11.3 Å². The number of aromatic nitrogens is 1. The fraction of sp³-hybridized carbons (Fsp3) is 0.400. The Hall–Kier alpha value is -3.95. The molecule has 0 radical (unpaired) electrons. The molecule has 1 aromatic rings. The Labute approximate surface area is 204 Å². The molecule has 3 amide bonds. The average molecular weight is 528 g/mol. The van der Waals surface area contributed by atoms with E-state index in [0.29, 0.717) is 4.90 Å². The van der Waals surface area contributed by atoms with E-state index in [1.54, 1.807) is 0 Å². The molecule has 4 heterocycles. The van der Waals surface area contributed by atoms with Crippen LogP contribution in [-0.2, 0) is 19.2 Å². The molecule has 0 bridgehead atoms. The number of thiazole rings is 1. The minimum absolute atomic E-state index is 0.00573. The fourth-order valence-electron chi connectivity index (χ4n) is 4.43. The summed E-state index contributed by atoms with van der Waals surface area (Å²) >= 11 is 1.00. The molecule has 2 fully saturated rings. The van der Waals surface area contributed by atoms with Crippen LogP contribution in [0.3, 0.4) is 0 Å². The van der Waals surface area contributed by atoms with Crippen molar-refractivity contribution in [2.75, 3.05) is 18.8 Å². The van der Waals surface area contributed by atoms with Gasteiger partial charge in [0.25, 0.3) is 11.8 Å². The van der Waals surface area contributed by atoms with Gasteiger partial charge in [0.2, 0.25) is 5.91 Å². The largest absolute Gasteiger partial charge is 0.477 e. The Morgan fingerprint density at radius 3 is 2.64 bits per heavy atom. The second-order valence-corrected chi connectivity index (χ2v) is 9.12. The monoisotopic (exact) mass is 528 g/mol. The predicted molar refractivity (Wildman–Crippen MR) is 117 cm³/mol. The molecule has 36 heavy (non-hydrogen) atoms. The Bertz CT molecular complexity index is 1240. The summed E-state index contributed by atoms with van der Waals surface area (Å²) in [5.41, 5.74) is 4.78. The van der Waals surface area contributed by atoms with E-state index >= 15 is 0 Å². The summed E-state index contributed by atoms with van der Waals surface area (Å²) in [7, 11) is 0. The van der Waals surface area contributed by atoms with Gasteiger partial charge in [0, 0.05) is 17.5 Å². The molecule has 1 aromatic heterocycles. The van der Waals surface area contributed by atoms with Gasteiger partial charge in [-0.15, -0.1) is 11.3 Å². The fourth-order valence-corrected chi connectivity index (χ4v) is 4.98. The summed E-state index contributed by atoms with van der Waals surface area (Å²) in [6.45, 7) is -1.56. The van der Waals surface area contributed by atoms with Crippen LogP contribution in [0.25, 0.3) is 0 Å². The van der Waals surface area contributed by atoms with Gasteiger partial charge in [-0.25, -0.2) is 9.78 Å². The maximum atomic E-state index is 12.8. The minimum atomic E-state index is -4.56. The van der Waals surface area contributed by atoms with E-state index in [9.17, 15) is 42.7 Å². The second-order valence-electron chi connectivity index (χ2n) is 8.23. The molecule has 2 saturated heterocycles. The number of anilines is 1. The highest BCUT2D eigenvalue weighted by Gasteiger charge is 2.53. The highest BCUT2D eigenvalue weighted by atomic mass is 32.1. The Morgan fingerprint density at radius 2 is 2.06 bits per heavy atom. The zero-order valence-electron chi connectivity index (χ0n) is 18.3. The van der Waals surface area contributed by atoms with Crippen LogP contribution in [0, 0.1) is 0 Å². The van der Waals surface area contributed by atoms with Crippen molar-refractivity contribution in [3.8, 4) is 0 Å². The van der Waals surface area contributed by atoms with Gasteiger partial charge in [-0.2, -0.15) is 13.2 Å². The third kappa shape index (κ3) is 4.62. The number of nitrogens with two attached hydrogens (primary N) is 1. The van der Waals surface area contributed by atoms with Crippen LogP contribution in [-0.4, -0.2) is 85.8 Å². The first-order valence-corrected chi connectivity index (χ1v) is 11.4. The number of rotatable bonds is 6. The van der Waals surface area contributed by atoms with Gasteiger partial charge >= 0.3 is 12.1 Å². The van der Waals surface area contributed by atoms with E-state index < -0.39 is 59.9 Å². The van der Waals surface area contributed by atoms with Crippen LogP contribution in [0.1, 0.15) is 25.0 Å². The Kier molecular flexibility index (Phi) is 6.46. The van der Waals surface area contributed by atoms with E-state index in [1.807, 2.05) is 0 Å². The number of nitrogens with zero attached hydrogens (tertiary/aromatic N) is 4. The van der Waals surface area contributed by atoms with Gasteiger partial charge in [-0.3, -0.25) is 19.3 Å². The average Bonchev–Trinajstić information content (AvgIpc) is 3.37. The number of halogens is 3. The molecule has 4 rings (SSSR count). The molecule has 0 aliphatic carbocycles. The number of β-lactam (4-membered cyclic amide) rings is 1. The molecular formula is C20H19F3N6O6S. The maximum Gasteiger partial charge on any atom is 0.406 e. The van der Waals surface area contributed by atoms with E-state index in [-0.39, 0.29) is 47.8 Å². The molecule has 0 spiro atoms. The molecule has 192 valence electrons. The first-order valence-electron chi connectivity index (χ1n) is 10.5. The Balaban J connectivity index is 1.52. The summed E-state index contributed by atoms with van der Waals surface area (Å²) in [6.07, 6.45) is -3.01. The van der Waals surface area contributed by atoms with Crippen LogP contribution in [0.2, 0.25) is 0 Å². The number of alkyl halides is 3. The first kappa shape index (κ1) is 25.2. The van der Waals surface area contributed by atoms with Crippen molar-refractivity contribution in [2.24, 2.45) is 5.16 Å². The molecule has 3 aliphatic rings. The van der Waals surface area contributed by atoms with Crippen molar-refractivity contribution in [3.05, 3.63) is 34.0 Å². The molecule has 0 saturated carbocycles. The number of nitrogen functional groups attached to an aromatic ring is 1. The molecule has 2 atom stereocenters. The predicted octanol–water partition coefficient (Wildman–Crippen LogP) is 0.453. The highest BCUT2D eigenvalue weighted by molar-refractivity contribution is 7.13. The first-order chi connectivity index (χ1) is 16.9. The van der Waals surface area contributed by atoms with Crippen molar-refractivity contribution >= 4 is 45.9 Å². The number of carboxylic acids is 1. The van der Waals surface area contributed by atoms with Gasteiger partial charge in [-0.05, 0) is 30.9 Å². The zero-order chi connectivity index (χ0) is 26.4. The molecule has 3 aliphatic heterocycles. The molecular weight excluding hydrogens is 509 g/mol. The molecule has 16 heteroatoms. The number of allylic oxidation sites excluding steroid dienone is 2. The molecule has 5 N–H and O–H groups in total. The third-order valence-electron chi connectivity index (χ3n) is 5.97. The van der Waals surface area contributed by atoms with E-state index in [1.165, 1.54) is 11.5 Å². The molecule has 0 unspecified atom stereocenters. The van der Waals surface area contributed by atoms with Gasteiger partial charge in [0.05, 0.1) is 6.04 Å². The summed E-state index contributed by atoms with van der Waals surface area (Å²) in [4.78, 5) is 55.2. The smallest absolute Gasteiger partial charge is 0.406 e. The zero-order valence-corrected chi connectivity index (χ0v) is 19.1. The number of carboxylic acid groups (broad SMARTS) is 1. The van der Waals surface area contributed by atoms with Crippen LogP contribution < -0.4 is 11.1 Å². The van der Waals surface area contributed by atoms with Crippen molar-refractivity contribution < 1.29 is 42.7 Å². The quantitative estimate of drug-likeness (QED) is 0.135. The number of aliphatic carboxylic acids is 1. The number of hydrogen-bond donors (Lipinski definition) is 4. The second kappa shape index (κ2) is 9.25. The SMILES string of the molecule is Nc1nc(C(=NO)C(=O)N[C@@H]2C(=O)N3C(C(=O)O)=C(C=C4CCN(CC(F)(F)F)C4=O)CC[C@H]23)cs1. The number of carbonyl (C=O) groups is 4. The summed E-state index contributed by atoms with van der Waals surface area (Å²) < 4.78 is 38.0. The van der Waals surface area contributed by atoms with Crippen molar-refractivity contribution in [1.29, 1.82) is 0 Å². The number of amides is 3. The number of fused-ring (bicyclic) bond motifs is 1. The summed E-state index contributed by atoms with van der Waals surface area (Å²) in [6, 6.07) is -1.83. The van der Waals surface area contributed by atoms with Crippen molar-refractivity contribution in [2.45, 2.75) is 37.5 Å². The van der Waals surface area contributed by atoms with Crippen LogP contribution in [0.5, 0.6) is 0 Å². The van der Waals surface area contributed by atoms with E-state index in [2.05, 4.69) is 15.5 Å². The van der Waals surface area contributed by atoms with Gasteiger partial charge in [0.1, 0.15) is 24.0 Å². The number of hydrogen-bond acceptors (Lipinski definition) is 9. The molecule has 0 aromatic carbocycles. The van der Waals surface area contributed by atoms with Gasteiger partial charge in [0.15, 0.2) is 10.8 Å². The molecule has 12 nitrogen and oxygen atoms in total. The summed E-state index contributed by atoms with van der Waals surface area (Å²) in [5.74, 6) is -3.97. The van der Waals surface area contributed by atoms with E-state index in [0.717, 1.165) is 16.2 Å². The van der Waals surface area contributed by atoms with Gasteiger partial charge in [-0.1, -0.05) is 5.16 Å². The standard InChI is InChI=1S/C20H19F3N6O6S/c21-20(22,23)7-28-4-3-9(16(28)31)5-8-1-2-11-13(17(32)29(11)14(8)18(33)34)26-15(30)12(27-35)10-6-36-19(24)25-10/h5-6,11,13,35H,1-4,7H2,(H2,24,25)(H,26,30)(H,33,34)/t11-,13+/m1/s1. The lowest BCUT2D eigenvalue weighted by atomic mass is 9.82. The lowest BCUT2D eigenvalue weighted by Crippen LogP contribution is -2.72. The number of oxime groups is 1. The highest BCUT2D eigenvalue weighted by Crippen LogP contribution is 2.38. The number of carbonyl (C=O) groups excluding carboxylic acids is 3.